The van der Waals surface area contributed by atoms with Crippen LogP contribution in [0.1, 0.15) is 5.56 Å². The van der Waals surface area contributed by atoms with Crippen LogP contribution in [0.25, 0.3) is 0 Å². The van der Waals surface area contributed by atoms with E-state index in [1.807, 2.05) is 0 Å². The zero-order valence-electron chi connectivity index (χ0n) is 10.3. The van der Waals surface area contributed by atoms with Crippen molar-refractivity contribution in [3.8, 4) is 5.75 Å². The molecule has 3 N–H and O–H groups in total. The summed E-state index contributed by atoms with van der Waals surface area (Å²) in [4.78, 5) is 0. The van der Waals surface area contributed by atoms with Crippen LogP contribution in [0.5, 0.6) is 5.75 Å². The molecule has 0 aromatic heterocycles. The van der Waals surface area contributed by atoms with Gasteiger partial charge in [-0.25, -0.2) is 0 Å². The van der Waals surface area contributed by atoms with E-state index >= 15 is 0 Å². The van der Waals surface area contributed by atoms with E-state index in [-0.39, 0.29) is 5.75 Å². The van der Waals surface area contributed by atoms with Crippen molar-refractivity contribution in [1.29, 1.82) is 0 Å². The van der Waals surface area contributed by atoms with Crippen LogP contribution in [0.4, 0.5) is 11.4 Å². The summed E-state index contributed by atoms with van der Waals surface area (Å²) >= 11 is 0. The first-order chi connectivity index (χ1) is 8.96. The van der Waals surface area contributed by atoms with Gasteiger partial charge in [-0.1, -0.05) is 24.3 Å². The third-order valence-corrected chi connectivity index (χ3v) is 3.31. The van der Waals surface area contributed by atoms with Gasteiger partial charge < -0.3 is 9.92 Å². The van der Waals surface area contributed by atoms with Crippen molar-refractivity contribution < 1.29 is 12.6 Å². The average molecular weight is 278 g/mol. The van der Waals surface area contributed by atoms with Gasteiger partial charge in [0.2, 0.25) is 0 Å². The predicted molar refractivity (Wildman–Crippen MR) is 75.2 cm³/mol. The maximum atomic E-state index is 11.9. The molecule has 2 aromatic carbocycles. The Bertz CT molecular complexity index is 670. The molecular weight excluding hydrogens is 264 g/mol. The molecule has 0 radical (unpaired) electrons. The van der Waals surface area contributed by atoms with Crippen LogP contribution in [-0.2, 0) is 10.3 Å². The SMILES string of the molecule is Cc1ccc(N)cc1OS(=O)(=O)Nc1ccccc1. The molecule has 0 aliphatic carbocycles. The predicted octanol–water partition coefficient (Wildman–Crippen LogP) is 2.31. The van der Waals surface area contributed by atoms with Crippen molar-refractivity contribution in [3.05, 3.63) is 54.1 Å². The monoisotopic (exact) mass is 278 g/mol. The minimum absolute atomic E-state index is 0.212. The Morgan fingerprint density at radius 1 is 1.11 bits per heavy atom. The average Bonchev–Trinajstić information content (AvgIpc) is 2.34. The summed E-state index contributed by atoms with van der Waals surface area (Å²) in [5.74, 6) is 0.212. The van der Waals surface area contributed by atoms with E-state index in [9.17, 15) is 8.42 Å². The molecule has 5 nitrogen and oxygen atoms in total. The van der Waals surface area contributed by atoms with Gasteiger partial charge in [-0.3, -0.25) is 4.72 Å². The first kappa shape index (κ1) is 13.2. The number of benzene rings is 2. The lowest BCUT2D eigenvalue weighted by atomic mass is 10.2. The second kappa shape index (κ2) is 5.19. The van der Waals surface area contributed by atoms with Crippen molar-refractivity contribution in [1.82, 2.24) is 0 Å². The van der Waals surface area contributed by atoms with Crippen molar-refractivity contribution in [3.63, 3.8) is 0 Å². The van der Waals surface area contributed by atoms with Gasteiger partial charge in [0.15, 0.2) is 0 Å². The highest BCUT2D eigenvalue weighted by Crippen LogP contribution is 2.23. The van der Waals surface area contributed by atoms with Crippen LogP contribution in [-0.4, -0.2) is 8.42 Å². The summed E-state index contributed by atoms with van der Waals surface area (Å²) in [6, 6.07) is 13.4. The molecule has 0 fully saturated rings. The molecule has 100 valence electrons. The summed E-state index contributed by atoms with van der Waals surface area (Å²) in [5.41, 5.74) is 7.17. The maximum absolute atomic E-state index is 11.9. The van der Waals surface area contributed by atoms with Gasteiger partial charge >= 0.3 is 10.3 Å². The smallest absolute Gasteiger partial charge is 0.399 e. The summed E-state index contributed by atoms with van der Waals surface area (Å²) in [6.45, 7) is 1.74. The Hall–Kier alpha value is -2.21. The van der Waals surface area contributed by atoms with Gasteiger partial charge in [0, 0.05) is 11.8 Å². The zero-order chi connectivity index (χ0) is 13.9. The molecule has 6 heteroatoms. The normalized spacial score (nSPS) is 11.0. The lowest BCUT2D eigenvalue weighted by Crippen LogP contribution is -2.19. The molecule has 2 rings (SSSR count). The van der Waals surface area contributed by atoms with Crippen molar-refractivity contribution >= 4 is 21.7 Å². The molecule has 0 aliphatic heterocycles. The summed E-state index contributed by atoms with van der Waals surface area (Å²) < 4.78 is 31.0. The molecule has 0 saturated carbocycles. The number of nitrogens with one attached hydrogen (secondary N) is 1. The molecule has 2 aromatic rings. The Labute approximate surface area is 112 Å². The first-order valence-corrected chi connectivity index (χ1v) is 7.00. The molecule has 0 unspecified atom stereocenters. The van der Waals surface area contributed by atoms with E-state index in [0.717, 1.165) is 0 Å². The van der Waals surface area contributed by atoms with E-state index in [1.54, 1.807) is 49.4 Å². The second-order valence-corrected chi connectivity index (χ2v) is 5.31. The van der Waals surface area contributed by atoms with Crippen LogP contribution < -0.4 is 14.6 Å². The Morgan fingerprint density at radius 3 is 2.47 bits per heavy atom. The minimum Gasteiger partial charge on any atom is -0.399 e. The van der Waals surface area contributed by atoms with Crippen molar-refractivity contribution in [2.75, 3.05) is 10.5 Å². The van der Waals surface area contributed by atoms with Crippen LogP contribution >= 0.6 is 0 Å². The van der Waals surface area contributed by atoms with Crippen LogP contribution in [0.2, 0.25) is 0 Å². The Kier molecular flexibility index (Phi) is 3.62. The fourth-order valence-corrected chi connectivity index (χ4v) is 2.38. The second-order valence-electron chi connectivity index (χ2n) is 4.03. The summed E-state index contributed by atoms with van der Waals surface area (Å²) in [7, 11) is -3.93. The number of para-hydroxylation sites is 1. The lowest BCUT2D eigenvalue weighted by molar-refractivity contribution is 0.490. The minimum atomic E-state index is -3.93. The highest BCUT2D eigenvalue weighted by atomic mass is 32.2. The van der Waals surface area contributed by atoms with Crippen LogP contribution in [0.3, 0.4) is 0 Å². The fraction of sp³-hybridized carbons (Fsp3) is 0.0769. The third-order valence-electron chi connectivity index (χ3n) is 2.43. The standard InChI is InChI=1S/C13H14N2O3S/c1-10-7-8-11(14)9-13(10)18-19(16,17)15-12-5-3-2-4-6-12/h2-9,15H,14H2,1H3. The zero-order valence-corrected chi connectivity index (χ0v) is 11.1. The van der Waals surface area contributed by atoms with E-state index in [4.69, 9.17) is 9.92 Å². The summed E-state index contributed by atoms with van der Waals surface area (Å²) in [6.07, 6.45) is 0. The number of anilines is 2. The number of aryl methyl sites for hydroxylation is 1. The summed E-state index contributed by atoms with van der Waals surface area (Å²) in [5, 5.41) is 0. The van der Waals surface area contributed by atoms with Crippen molar-refractivity contribution in [2.45, 2.75) is 6.92 Å². The molecular formula is C13H14N2O3S. The molecule has 0 saturated heterocycles. The van der Waals surface area contributed by atoms with Gasteiger partial charge in [-0.2, -0.15) is 8.42 Å². The van der Waals surface area contributed by atoms with Gasteiger partial charge in [0.25, 0.3) is 0 Å². The maximum Gasteiger partial charge on any atom is 0.407 e. The van der Waals surface area contributed by atoms with Gasteiger partial charge in [0.05, 0.1) is 5.69 Å². The lowest BCUT2D eigenvalue weighted by Gasteiger charge is -2.11. The Balaban J connectivity index is 2.20. The number of rotatable bonds is 4. The number of nitrogens with two attached hydrogens (primary N) is 1. The van der Waals surface area contributed by atoms with Crippen LogP contribution in [0.15, 0.2) is 48.5 Å². The molecule has 0 heterocycles. The largest absolute Gasteiger partial charge is 0.407 e. The fourth-order valence-electron chi connectivity index (χ4n) is 1.50. The van der Waals surface area contributed by atoms with Gasteiger partial charge in [-0.15, -0.1) is 0 Å². The third kappa shape index (κ3) is 3.62. The first-order valence-electron chi connectivity index (χ1n) is 5.60. The molecule has 0 bridgehead atoms. The van der Waals surface area contributed by atoms with E-state index in [2.05, 4.69) is 4.72 Å². The molecule has 19 heavy (non-hydrogen) atoms. The molecule has 0 amide bonds. The number of hydrogen-bond acceptors (Lipinski definition) is 4. The molecule has 0 atom stereocenters. The number of nitrogen functional groups attached to an aromatic ring is 1. The van der Waals surface area contributed by atoms with Crippen molar-refractivity contribution in [2.24, 2.45) is 0 Å². The van der Waals surface area contributed by atoms with E-state index < -0.39 is 10.3 Å². The highest BCUT2D eigenvalue weighted by Gasteiger charge is 2.14. The molecule has 0 spiro atoms. The quantitative estimate of drug-likeness (QED) is 0.841. The van der Waals surface area contributed by atoms with Gasteiger partial charge in [0.1, 0.15) is 5.75 Å². The highest BCUT2D eigenvalue weighted by molar-refractivity contribution is 7.88. The topological polar surface area (TPSA) is 81.4 Å². The van der Waals surface area contributed by atoms with Gasteiger partial charge in [-0.05, 0) is 30.7 Å². The molecule has 0 aliphatic rings. The Morgan fingerprint density at radius 2 is 1.79 bits per heavy atom. The van der Waals surface area contributed by atoms with E-state index in [0.29, 0.717) is 16.9 Å². The number of hydrogen-bond donors (Lipinski definition) is 2. The van der Waals surface area contributed by atoms with Crippen LogP contribution in [0, 0.1) is 6.92 Å². The van der Waals surface area contributed by atoms with E-state index in [1.165, 1.54) is 6.07 Å².